The van der Waals surface area contributed by atoms with E-state index in [1.54, 1.807) is 19.5 Å². The zero-order chi connectivity index (χ0) is 18.4. The Morgan fingerprint density at radius 2 is 1.77 bits per heavy atom. The van der Waals surface area contributed by atoms with Crippen LogP contribution in [0.4, 0.5) is 11.4 Å². The number of benzene rings is 2. The van der Waals surface area contributed by atoms with Crippen LogP contribution in [0.2, 0.25) is 0 Å². The molecule has 132 valence electrons. The Hall–Kier alpha value is -3.34. The van der Waals surface area contributed by atoms with Gasteiger partial charge < -0.3 is 15.0 Å². The standard InChI is InChI=1S/C21H21N3O2/c1-24(18-9-4-3-5-10-18)19-12-17(13-22-15-19)21(25)23-14-16-8-6-7-11-20(16)26-2/h3-13,15H,14H2,1-2H3,(H,23,25). The molecule has 1 N–H and O–H groups in total. The summed E-state index contributed by atoms with van der Waals surface area (Å²) in [6.07, 6.45) is 3.31. The molecule has 1 amide bonds. The lowest BCUT2D eigenvalue weighted by molar-refractivity contribution is 0.0950. The molecule has 0 saturated heterocycles. The molecule has 0 radical (unpaired) electrons. The van der Waals surface area contributed by atoms with Crippen molar-refractivity contribution >= 4 is 17.3 Å². The number of carbonyl (C=O) groups excluding carboxylic acids is 1. The van der Waals surface area contributed by atoms with Gasteiger partial charge >= 0.3 is 0 Å². The van der Waals surface area contributed by atoms with Crippen LogP contribution < -0.4 is 15.0 Å². The fraction of sp³-hybridized carbons (Fsp3) is 0.143. The van der Waals surface area contributed by atoms with Gasteiger partial charge in [0.05, 0.1) is 24.6 Å². The van der Waals surface area contributed by atoms with Crippen LogP contribution in [0.3, 0.4) is 0 Å². The minimum Gasteiger partial charge on any atom is -0.496 e. The summed E-state index contributed by atoms with van der Waals surface area (Å²) < 4.78 is 5.31. The Morgan fingerprint density at radius 3 is 2.54 bits per heavy atom. The average Bonchev–Trinajstić information content (AvgIpc) is 2.72. The van der Waals surface area contributed by atoms with Gasteiger partial charge in [0.1, 0.15) is 5.75 Å². The smallest absolute Gasteiger partial charge is 0.253 e. The molecule has 0 bridgehead atoms. The van der Waals surface area contributed by atoms with Gasteiger partial charge in [-0.15, -0.1) is 0 Å². The van der Waals surface area contributed by atoms with E-state index >= 15 is 0 Å². The highest BCUT2D eigenvalue weighted by Crippen LogP contribution is 2.23. The van der Waals surface area contributed by atoms with Crippen LogP contribution in [0.5, 0.6) is 5.75 Å². The third kappa shape index (κ3) is 4.00. The maximum Gasteiger partial charge on any atom is 0.253 e. The molecule has 0 unspecified atom stereocenters. The predicted molar refractivity (Wildman–Crippen MR) is 103 cm³/mol. The molecule has 0 aliphatic carbocycles. The predicted octanol–water partition coefficient (Wildman–Crippen LogP) is 3.79. The molecular formula is C21H21N3O2. The Balaban J connectivity index is 1.72. The fourth-order valence-corrected chi connectivity index (χ4v) is 2.66. The number of hydrogen-bond donors (Lipinski definition) is 1. The molecule has 5 nitrogen and oxygen atoms in total. The van der Waals surface area contributed by atoms with E-state index in [1.807, 2.05) is 72.6 Å². The van der Waals surface area contributed by atoms with Crippen molar-refractivity contribution in [1.82, 2.24) is 10.3 Å². The molecule has 0 atom stereocenters. The van der Waals surface area contributed by atoms with Crippen molar-refractivity contribution in [3.05, 3.63) is 84.2 Å². The number of methoxy groups -OCH3 is 1. The summed E-state index contributed by atoms with van der Waals surface area (Å²) in [4.78, 5) is 18.7. The van der Waals surface area contributed by atoms with Gasteiger partial charge in [0, 0.05) is 31.0 Å². The number of amides is 1. The minimum absolute atomic E-state index is 0.174. The first-order chi connectivity index (χ1) is 12.7. The van der Waals surface area contributed by atoms with E-state index in [0.717, 1.165) is 22.7 Å². The first-order valence-corrected chi connectivity index (χ1v) is 8.33. The van der Waals surface area contributed by atoms with Crippen LogP contribution in [0.15, 0.2) is 73.1 Å². The van der Waals surface area contributed by atoms with Crippen molar-refractivity contribution in [3.8, 4) is 5.75 Å². The van der Waals surface area contributed by atoms with Crippen LogP contribution in [0.1, 0.15) is 15.9 Å². The van der Waals surface area contributed by atoms with Crippen LogP contribution in [-0.4, -0.2) is 25.0 Å². The number of ether oxygens (including phenoxy) is 1. The fourth-order valence-electron chi connectivity index (χ4n) is 2.66. The van der Waals surface area contributed by atoms with Gasteiger partial charge in [-0.05, 0) is 24.3 Å². The van der Waals surface area contributed by atoms with Crippen molar-refractivity contribution in [2.45, 2.75) is 6.54 Å². The first kappa shape index (κ1) is 17.5. The summed E-state index contributed by atoms with van der Waals surface area (Å²) in [7, 11) is 3.57. The number of hydrogen-bond acceptors (Lipinski definition) is 4. The maximum absolute atomic E-state index is 12.5. The topological polar surface area (TPSA) is 54.5 Å². The lowest BCUT2D eigenvalue weighted by Crippen LogP contribution is -2.23. The third-order valence-electron chi connectivity index (χ3n) is 4.15. The molecule has 5 heteroatoms. The molecule has 0 spiro atoms. The Labute approximate surface area is 153 Å². The second kappa shape index (κ2) is 8.16. The summed E-state index contributed by atoms with van der Waals surface area (Å²) in [5.41, 5.74) is 3.32. The van der Waals surface area contributed by atoms with Gasteiger partial charge in [-0.25, -0.2) is 0 Å². The molecule has 0 aliphatic rings. The van der Waals surface area contributed by atoms with E-state index in [4.69, 9.17) is 4.74 Å². The van der Waals surface area contributed by atoms with Crippen molar-refractivity contribution in [2.24, 2.45) is 0 Å². The van der Waals surface area contributed by atoms with Gasteiger partial charge in [-0.3, -0.25) is 9.78 Å². The highest BCUT2D eigenvalue weighted by Gasteiger charge is 2.11. The third-order valence-corrected chi connectivity index (χ3v) is 4.15. The van der Waals surface area contributed by atoms with E-state index < -0.39 is 0 Å². The normalized spacial score (nSPS) is 10.2. The van der Waals surface area contributed by atoms with Crippen LogP contribution in [0.25, 0.3) is 0 Å². The van der Waals surface area contributed by atoms with Gasteiger partial charge in [-0.1, -0.05) is 36.4 Å². The Kier molecular flexibility index (Phi) is 5.49. The monoisotopic (exact) mass is 347 g/mol. The molecule has 0 aliphatic heterocycles. The van der Waals surface area contributed by atoms with Gasteiger partial charge in [-0.2, -0.15) is 0 Å². The number of nitrogens with one attached hydrogen (secondary N) is 1. The molecular weight excluding hydrogens is 326 g/mol. The van der Waals surface area contributed by atoms with E-state index in [-0.39, 0.29) is 5.91 Å². The molecule has 3 rings (SSSR count). The zero-order valence-electron chi connectivity index (χ0n) is 14.8. The summed E-state index contributed by atoms with van der Waals surface area (Å²) in [5, 5.41) is 2.92. The Morgan fingerprint density at radius 1 is 1.04 bits per heavy atom. The largest absolute Gasteiger partial charge is 0.496 e. The second-order valence-corrected chi connectivity index (χ2v) is 5.82. The van der Waals surface area contributed by atoms with E-state index in [2.05, 4.69) is 10.3 Å². The quantitative estimate of drug-likeness (QED) is 0.737. The number of para-hydroxylation sites is 2. The molecule has 26 heavy (non-hydrogen) atoms. The average molecular weight is 347 g/mol. The molecule has 0 saturated carbocycles. The van der Waals surface area contributed by atoms with Gasteiger partial charge in [0.25, 0.3) is 5.91 Å². The second-order valence-electron chi connectivity index (χ2n) is 5.82. The molecule has 2 aromatic carbocycles. The zero-order valence-corrected chi connectivity index (χ0v) is 14.8. The molecule has 1 heterocycles. The summed E-state index contributed by atoms with van der Waals surface area (Å²) >= 11 is 0. The Bertz CT molecular complexity index is 881. The summed E-state index contributed by atoms with van der Waals surface area (Å²) in [6, 6.07) is 19.4. The van der Waals surface area contributed by atoms with E-state index in [0.29, 0.717) is 12.1 Å². The van der Waals surface area contributed by atoms with Crippen molar-refractivity contribution < 1.29 is 9.53 Å². The molecule has 0 fully saturated rings. The number of rotatable bonds is 6. The number of carbonyl (C=O) groups is 1. The van der Waals surface area contributed by atoms with Crippen molar-refractivity contribution in [1.29, 1.82) is 0 Å². The van der Waals surface area contributed by atoms with Crippen molar-refractivity contribution in [2.75, 3.05) is 19.1 Å². The van der Waals surface area contributed by atoms with E-state index in [1.165, 1.54) is 0 Å². The van der Waals surface area contributed by atoms with Crippen LogP contribution in [0, 0.1) is 0 Å². The highest BCUT2D eigenvalue weighted by molar-refractivity contribution is 5.94. The van der Waals surface area contributed by atoms with Crippen molar-refractivity contribution in [3.63, 3.8) is 0 Å². The van der Waals surface area contributed by atoms with Gasteiger partial charge in [0.2, 0.25) is 0 Å². The molecule has 1 aromatic heterocycles. The number of aromatic nitrogens is 1. The first-order valence-electron chi connectivity index (χ1n) is 8.33. The maximum atomic E-state index is 12.5. The summed E-state index contributed by atoms with van der Waals surface area (Å²) in [5.74, 6) is 0.579. The molecule has 3 aromatic rings. The van der Waals surface area contributed by atoms with Gasteiger partial charge in [0.15, 0.2) is 0 Å². The highest BCUT2D eigenvalue weighted by atomic mass is 16.5. The lowest BCUT2D eigenvalue weighted by Gasteiger charge is -2.19. The lowest BCUT2D eigenvalue weighted by atomic mass is 10.2. The summed E-state index contributed by atoms with van der Waals surface area (Å²) in [6.45, 7) is 0.390. The number of anilines is 2. The number of nitrogens with zero attached hydrogens (tertiary/aromatic N) is 2. The van der Waals surface area contributed by atoms with E-state index in [9.17, 15) is 4.79 Å². The number of pyridine rings is 1. The van der Waals surface area contributed by atoms with Crippen LogP contribution in [-0.2, 0) is 6.54 Å². The minimum atomic E-state index is -0.174. The SMILES string of the molecule is COc1ccccc1CNC(=O)c1cncc(N(C)c2ccccc2)c1. The van der Waals surface area contributed by atoms with Crippen LogP contribution >= 0.6 is 0 Å².